The average Bonchev–Trinajstić information content (AvgIpc) is 3.50. The van der Waals surface area contributed by atoms with Gasteiger partial charge in [-0.05, 0) is 55.3 Å². The van der Waals surface area contributed by atoms with E-state index in [1.54, 1.807) is 24.3 Å². The van der Waals surface area contributed by atoms with Crippen LogP contribution in [0.1, 0.15) is 34.7 Å². The summed E-state index contributed by atoms with van der Waals surface area (Å²) in [6, 6.07) is 11.3. The zero-order valence-electron chi connectivity index (χ0n) is 16.2. The highest BCUT2D eigenvalue weighted by Gasteiger charge is 2.29. The highest BCUT2D eigenvalue weighted by atomic mass is 35.5. The first-order valence-electron chi connectivity index (χ1n) is 9.59. The molecule has 3 aromatic rings. The smallest absolute Gasteiger partial charge is 0.256 e. The first kappa shape index (κ1) is 20.7. The summed E-state index contributed by atoms with van der Waals surface area (Å²) in [5, 5.41) is 0.185. The summed E-state index contributed by atoms with van der Waals surface area (Å²) in [5.74, 6) is 0.769. The minimum Gasteiger partial charge on any atom is -0.467 e. The number of hydrogen-bond donors (Lipinski definition) is 0. The van der Waals surface area contributed by atoms with Crippen molar-refractivity contribution in [1.29, 1.82) is 0 Å². The van der Waals surface area contributed by atoms with Crippen LogP contribution in [0.3, 0.4) is 0 Å². The lowest BCUT2D eigenvalue weighted by molar-refractivity contribution is 0.0704. The summed E-state index contributed by atoms with van der Waals surface area (Å²) >= 11 is 6.31. The second-order valence-electron chi connectivity index (χ2n) is 7.07. The molecule has 0 spiro atoms. The molecule has 1 aromatic carbocycles. The lowest BCUT2D eigenvalue weighted by Crippen LogP contribution is -2.31. The normalized spacial score (nSPS) is 14.8. The molecule has 4 rings (SSSR count). The maximum atomic E-state index is 13.4. The van der Waals surface area contributed by atoms with Gasteiger partial charge in [-0.1, -0.05) is 11.6 Å². The van der Waals surface area contributed by atoms with E-state index in [2.05, 4.69) is 0 Å². The molecule has 0 radical (unpaired) electrons. The zero-order chi connectivity index (χ0) is 21.1. The molecule has 7 nitrogen and oxygen atoms in total. The topological polar surface area (TPSA) is 84.0 Å². The molecule has 1 amide bonds. The van der Waals surface area contributed by atoms with E-state index in [0.29, 0.717) is 24.6 Å². The summed E-state index contributed by atoms with van der Waals surface area (Å²) in [5.41, 5.74) is 0.120. The van der Waals surface area contributed by atoms with Crippen molar-refractivity contribution in [1.82, 2.24) is 9.21 Å². The first-order chi connectivity index (χ1) is 14.4. The summed E-state index contributed by atoms with van der Waals surface area (Å²) in [4.78, 5) is 14.9. The molecule has 0 aliphatic carbocycles. The molecule has 9 heteroatoms. The molecule has 30 heavy (non-hydrogen) atoms. The largest absolute Gasteiger partial charge is 0.467 e. The first-order valence-corrected chi connectivity index (χ1v) is 11.4. The molecule has 158 valence electrons. The Kier molecular flexibility index (Phi) is 5.99. The Morgan fingerprint density at radius 3 is 2.13 bits per heavy atom. The fourth-order valence-electron chi connectivity index (χ4n) is 3.46. The van der Waals surface area contributed by atoms with Crippen molar-refractivity contribution in [2.45, 2.75) is 30.8 Å². The van der Waals surface area contributed by atoms with Crippen molar-refractivity contribution in [2.75, 3.05) is 13.1 Å². The number of carbonyl (C=O) groups excluding carboxylic acids is 1. The summed E-state index contributed by atoms with van der Waals surface area (Å²) < 4.78 is 38.1. The van der Waals surface area contributed by atoms with Gasteiger partial charge in [0.2, 0.25) is 10.0 Å². The molecule has 2 aromatic heterocycles. The molecule has 1 aliphatic rings. The number of sulfonamides is 1. The SMILES string of the molecule is O=C(c1cc(S(=O)(=O)N2CCCC2)ccc1Cl)N(Cc1ccco1)Cc1ccco1. The summed E-state index contributed by atoms with van der Waals surface area (Å²) in [7, 11) is -3.67. The molecule has 0 N–H and O–H groups in total. The van der Waals surface area contributed by atoms with Gasteiger partial charge in [0.05, 0.1) is 41.1 Å². The number of hydrogen-bond acceptors (Lipinski definition) is 5. The third-order valence-electron chi connectivity index (χ3n) is 5.01. The van der Waals surface area contributed by atoms with Crippen molar-refractivity contribution in [3.05, 3.63) is 77.1 Å². The number of benzene rings is 1. The Morgan fingerprint density at radius 2 is 1.60 bits per heavy atom. The van der Waals surface area contributed by atoms with Crippen molar-refractivity contribution >= 4 is 27.5 Å². The van der Waals surface area contributed by atoms with E-state index in [1.165, 1.54) is 39.9 Å². The maximum Gasteiger partial charge on any atom is 0.256 e. The van der Waals surface area contributed by atoms with Crippen molar-refractivity contribution in [2.24, 2.45) is 0 Å². The Labute approximate surface area is 179 Å². The van der Waals surface area contributed by atoms with E-state index in [4.69, 9.17) is 20.4 Å². The Morgan fingerprint density at radius 1 is 1.00 bits per heavy atom. The second kappa shape index (κ2) is 8.67. The van der Waals surface area contributed by atoms with E-state index >= 15 is 0 Å². The number of amides is 1. The quantitative estimate of drug-likeness (QED) is 0.542. The molecule has 1 aliphatic heterocycles. The molecule has 0 bridgehead atoms. The van der Waals surface area contributed by atoms with Gasteiger partial charge in [-0.2, -0.15) is 4.31 Å². The van der Waals surface area contributed by atoms with Gasteiger partial charge < -0.3 is 13.7 Å². The molecule has 1 saturated heterocycles. The van der Waals surface area contributed by atoms with Gasteiger partial charge >= 0.3 is 0 Å². The van der Waals surface area contributed by atoms with Crippen LogP contribution in [0.4, 0.5) is 0 Å². The van der Waals surface area contributed by atoms with Gasteiger partial charge in [0.15, 0.2) is 0 Å². The van der Waals surface area contributed by atoms with Crippen LogP contribution in [0.2, 0.25) is 5.02 Å². The number of nitrogens with zero attached hydrogens (tertiary/aromatic N) is 2. The van der Waals surface area contributed by atoms with Crippen LogP contribution in [0.15, 0.2) is 68.7 Å². The van der Waals surface area contributed by atoms with Crippen LogP contribution in [0.5, 0.6) is 0 Å². The van der Waals surface area contributed by atoms with Crippen molar-refractivity contribution in [3.63, 3.8) is 0 Å². The van der Waals surface area contributed by atoms with E-state index < -0.39 is 15.9 Å². The number of furan rings is 2. The van der Waals surface area contributed by atoms with Crippen LogP contribution < -0.4 is 0 Å². The maximum absolute atomic E-state index is 13.4. The van der Waals surface area contributed by atoms with Crippen LogP contribution in [0.25, 0.3) is 0 Å². The molecule has 0 saturated carbocycles. The monoisotopic (exact) mass is 448 g/mol. The summed E-state index contributed by atoms with van der Waals surface area (Å²) in [6.45, 7) is 1.34. The van der Waals surface area contributed by atoms with Crippen LogP contribution in [0, 0.1) is 0 Å². The lowest BCUT2D eigenvalue weighted by atomic mass is 10.2. The van der Waals surface area contributed by atoms with Gasteiger partial charge in [-0.3, -0.25) is 4.79 Å². The molecule has 3 heterocycles. The average molecular weight is 449 g/mol. The van der Waals surface area contributed by atoms with Gasteiger partial charge in [0, 0.05) is 13.1 Å². The predicted octanol–water partition coefficient (Wildman–Crippen LogP) is 4.15. The standard InChI is InChI=1S/C21H21ClN2O5S/c22-20-8-7-18(30(26,27)24-9-1-2-10-24)13-19(20)21(25)23(14-16-5-3-11-28-16)15-17-6-4-12-29-17/h3-8,11-13H,1-2,9-10,14-15H2. The Hall–Kier alpha value is -2.55. The third-order valence-corrected chi connectivity index (χ3v) is 7.24. The van der Waals surface area contributed by atoms with E-state index in [9.17, 15) is 13.2 Å². The minimum absolute atomic E-state index is 0.0631. The highest BCUT2D eigenvalue weighted by molar-refractivity contribution is 7.89. The van der Waals surface area contributed by atoms with Crippen molar-refractivity contribution < 1.29 is 22.0 Å². The van der Waals surface area contributed by atoms with Gasteiger partial charge in [0.1, 0.15) is 11.5 Å². The molecular formula is C21H21ClN2O5S. The van der Waals surface area contributed by atoms with Gasteiger partial charge in [0.25, 0.3) is 5.91 Å². The Balaban J connectivity index is 1.66. The zero-order valence-corrected chi connectivity index (χ0v) is 17.7. The predicted molar refractivity (Wildman–Crippen MR) is 110 cm³/mol. The number of rotatable bonds is 7. The minimum atomic E-state index is -3.67. The fourth-order valence-corrected chi connectivity index (χ4v) is 5.20. The van der Waals surface area contributed by atoms with Crippen LogP contribution in [-0.4, -0.2) is 36.6 Å². The van der Waals surface area contributed by atoms with Crippen LogP contribution >= 0.6 is 11.6 Å². The van der Waals surface area contributed by atoms with Crippen LogP contribution in [-0.2, 0) is 23.1 Å². The third kappa shape index (κ3) is 4.30. The molecular weight excluding hydrogens is 428 g/mol. The van der Waals surface area contributed by atoms with E-state index in [-0.39, 0.29) is 28.6 Å². The summed E-state index contributed by atoms with van der Waals surface area (Å²) in [6.07, 6.45) is 4.72. The molecule has 1 fully saturated rings. The lowest BCUT2D eigenvalue weighted by Gasteiger charge is -2.22. The van der Waals surface area contributed by atoms with Crippen molar-refractivity contribution in [3.8, 4) is 0 Å². The fraction of sp³-hybridized carbons (Fsp3) is 0.286. The van der Waals surface area contributed by atoms with E-state index in [1.807, 2.05) is 0 Å². The Bertz CT molecular complexity index is 1070. The molecule has 0 unspecified atom stereocenters. The molecule has 0 atom stereocenters. The van der Waals surface area contributed by atoms with E-state index in [0.717, 1.165) is 12.8 Å². The van der Waals surface area contributed by atoms with Gasteiger partial charge in [-0.25, -0.2) is 8.42 Å². The van der Waals surface area contributed by atoms with Gasteiger partial charge in [-0.15, -0.1) is 0 Å². The number of halogens is 1. The number of carbonyl (C=O) groups is 1. The highest BCUT2D eigenvalue weighted by Crippen LogP contribution is 2.27. The second-order valence-corrected chi connectivity index (χ2v) is 9.42.